The van der Waals surface area contributed by atoms with Crippen molar-refractivity contribution < 1.29 is 4.39 Å². The van der Waals surface area contributed by atoms with Gasteiger partial charge in [0.15, 0.2) is 0 Å². The molecule has 0 aliphatic carbocycles. The zero-order chi connectivity index (χ0) is 15.4. The van der Waals surface area contributed by atoms with Crippen LogP contribution < -0.4 is 10.6 Å². The second kappa shape index (κ2) is 6.85. The number of nitrogens with two attached hydrogens (primary N) is 1. The van der Waals surface area contributed by atoms with E-state index in [-0.39, 0.29) is 5.82 Å². The summed E-state index contributed by atoms with van der Waals surface area (Å²) in [7, 11) is 0. The summed E-state index contributed by atoms with van der Waals surface area (Å²) in [6, 6.07) is 11.3. The van der Waals surface area contributed by atoms with Crippen molar-refractivity contribution >= 4 is 5.82 Å². The number of anilines is 1. The second-order valence-corrected chi connectivity index (χ2v) is 5.58. The molecule has 1 aliphatic heterocycles. The van der Waals surface area contributed by atoms with Gasteiger partial charge in [-0.05, 0) is 23.8 Å². The number of hydrogen-bond donors (Lipinski definition) is 1. The minimum atomic E-state index is -0.157. The fourth-order valence-electron chi connectivity index (χ4n) is 2.76. The summed E-state index contributed by atoms with van der Waals surface area (Å²) in [4.78, 5) is 8.93. The molecule has 1 aliphatic rings. The van der Waals surface area contributed by atoms with E-state index >= 15 is 0 Å². The first-order valence-corrected chi connectivity index (χ1v) is 7.62. The van der Waals surface area contributed by atoms with Gasteiger partial charge >= 0.3 is 0 Å². The van der Waals surface area contributed by atoms with E-state index in [9.17, 15) is 4.39 Å². The lowest BCUT2D eigenvalue weighted by molar-refractivity contribution is 0.246. The average Bonchev–Trinajstić information content (AvgIpc) is 2.58. The molecule has 1 aromatic heterocycles. The zero-order valence-corrected chi connectivity index (χ0v) is 12.6. The highest BCUT2D eigenvalue weighted by Gasteiger charge is 2.18. The Morgan fingerprint density at radius 3 is 2.55 bits per heavy atom. The maximum Gasteiger partial charge on any atom is 0.128 e. The van der Waals surface area contributed by atoms with Crippen LogP contribution in [-0.4, -0.2) is 36.1 Å². The number of aromatic nitrogens is 1. The van der Waals surface area contributed by atoms with E-state index in [4.69, 9.17) is 5.73 Å². The van der Waals surface area contributed by atoms with Gasteiger partial charge in [-0.3, -0.25) is 4.90 Å². The molecule has 2 N–H and O–H groups in total. The summed E-state index contributed by atoms with van der Waals surface area (Å²) < 4.78 is 14.0. The predicted molar refractivity (Wildman–Crippen MR) is 86.0 cm³/mol. The van der Waals surface area contributed by atoms with Crippen LogP contribution in [0.4, 0.5) is 10.2 Å². The quantitative estimate of drug-likeness (QED) is 0.938. The molecule has 0 saturated carbocycles. The van der Waals surface area contributed by atoms with E-state index < -0.39 is 0 Å². The van der Waals surface area contributed by atoms with Crippen LogP contribution in [0.5, 0.6) is 0 Å². The summed E-state index contributed by atoms with van der Waals surface area (Å²) >= 11 is 0. The number of piperazine rings is 1. The molecule has 3 rings (SSSR count). The monoisotopic (exact) mass is 300 g/mol. The van der Waals surface area contributed by atoms with Crippen LogP contribution in [0.15, 0.2) is 42.6 Å². The molecule has 1 saturated heterocycles. The highest BCUT2D eigenvalue weighted by Crippen LogP contribution is 2.16. The van der Waals surface area contributed by atoms with Crippen LogP contribution >= 0.6 is 0 Å². The number of halogens is 1. The van der Waals surface area contributed by atoms with Gasteiger partial charge in [0, 0.05) is 51.0 Å². The van der Waals surface area contributed by atoms with Crippen molar-refractivity contribution in [1.82, 2.24) is 9.88 Å². The topological polar surface area (TPSA) is 45.4 Å². The molecule has 2 aromatic rings. The third-order valence-electron chi connectivity index (χ3n) is 4.09. The SMILES string of the molecule is NCc1ccc(CN2CCN(c3ccccn3)CC2)c(F)c1. The van der Waals surface area contributed by atoms with Crippen LogP contribution in [0.3, 0.4) is 0 Å². The number of hydrogen-bond acceptors (Lipinski definition) is 4. The number of rotatable bonds is 4. The van der Waals surface area contributed by atoms with Crippen LogP contribution in [0, 0.1) is 5.82 Å². The highest BCUT2D eigenvalue weighted by atomic mass is 19.1. The predicted octanol–water partition coefficient (Wildman–Crippen LogP) is 2.00. The van der Waals surface area contributed by atoms with Crippen molar-refractivity contribution in [3.8, 4) is 0 Å². The van der Waals surface area contributed by atoms with Gasteiger partial charge in [-0.2, -0.15) is 0 Å². The fraction of sp³-hybridized carbons (Fsp3) is 0.353. The first kappa shape index (κ1) is 14.9. The maximum absolute atomic E-state index is 14.0. The number of benzene rings is 1. The summed E-state index contributed by atoms with van der Waals surface area (Å²) in [5.41, 5.74) is 7.11. The summed E-state index contributed by atoms with van der Waals surface area (Å²) in [5.74, 6) is 0.857. The van der Waals surface area contributed by atoms with Gasteiger partial charge in [0.05, 0.1) is 0 Å². The van der Waals surface area contributed by atoms with Crippen molar-refractivity contribution in [3.05, 3.63) is 59.5 Å². The molecule has 0 atom stereocenters. The molecular formula is C17H21FN4. The van der Waals surface area contributed by atoms with Gasteiger partial charge in [-0.15, -0.1) is 0 Å². The minimum Gasteiger partial charge on any atom is -0.354 e. The third-order valence-corrected chi connectivity index (χ3v) is 4.09. The average molecular weight is 300 g/mol. The molecule has 0 bridgehead atoms. The van der Waals surface area contributed by atoms with Gasteiger partial charge in [0.25, 0.3) is 0 Å². The molecule has 22 heavy (non-hydrogen) atoms. The van der Waals surface area contributed by atoms with Crippen LogP contribution in [0.1, 0.15) is 11.1 Å². The van der Waals surface area contributed by atoms with Crippen molar-refractivity contribution in [2.75, 3.05) is 31.1 Å². The van der Waals surface area contributed by atoms with Crippen LogP contribution in [0.2, 0.25) is 0 Å². The van der Waals surface area contributed by atoms with Gasteiger partial charge in [0.1, 0.15) is 11.6 Å². The summed E-state index contributed by atoms with van der Waals surface area (Å²) in [6.07, 6.45) is 1.82. The summed E-state index contributed by atoms with van der Waals surface area (Å²) in [6.45, 7) is 4.68. The lowest BCUT2D eigenvalue weighted by Crippen LogP contribution is -2.46. The minimum absolute atomic E-state index is 0.157. The molecule has 2 heterocycles. The Bertz CT molecular complexity index is 609. The van der Waals surface area contributed by atoms with Crippen molar-refractivity contribution in [3.63, 3.8) is 0 Å². The van der Waals surface area contributed by atoms with E-state index in [1.165, 1.54) is 0 Å². The highest BCUT2D eigenvalue weighted by molar-refractivity contribution is 5.38. The van der Waals surface area contributed by atoms with Crippen molar-refractivity contribution in [2.24, 2.45) is 5.73 Å². The Kier molecular flexibility index (Phi) is 4.65. The van der Waals surface area contributed by atoms with E-state index in [0.29, 0.717) is 13.1 Å². The van der Waals surface area contributed by atoms with Crippen LogP contribution in [-0.2, 0) is 13.1 Å². The Labute approximate surface area is 130 Å². The fourth-order valence-corrected chi connectivity index (χ4v) is 2.76. The first-order valence-electron chi connectivity index (χ1n) is 7.62. The molecule has 4 nitrogen and oxygen atoms in total. The Balaban J connectivity index is 1.58. The molecule has 0 spiro atoms. The van der Waals surface area contributed by atoms with Crippen LogP contribution in [0.25, 0.3) is 0 Å². The Morgan fingerprint density at radius 1 is 1.09 bits per heavy atom. The van der Waals surface area contributed by atoms with Gasteiger partial charge in [0.2, 0.25) is 0 Å². The summed E-state index contributed by atoms with van der Waals surface area (Å²) in [5, 5.41) is 0. The van der Waals surface area contributed by atoms with E-state index in [2.05, 4.69) is 14.8 Å². The van der Waals surface area contributed by atoms with Gasteiger partial charge in [-0.25, -0.2) is 9.37 Å². The van der Waals surface area contributed by atoms with Gasteiger partial charge < -0.3 is 10.6 Å². The second-order valence-electron chi connectivity index (χ2n) is 5.58. The normalized spacial score (nSPS) is 16.0. The molecule has 116 valence electrons. The number of pyridine rings is 1. The van der Waals surface area contributed by atoms with Gasteiger partial charge in [-0.1, -0.05) is 18.2 Å². The largest absolute Gasteiger partial charge is 0.354 e. The maximum atomic E-state index is 14.0. The van der Waals surface area contributed by atoms with E-state index in [1.807, 2.05) is 36.5 Å². The lowest BCUT2D eigenvalue weighted by Gasteiger charge is -2.35. The lowest BCUT2D eigenvalue weighted by atomic mass is 10.1. The molecule has 1 fully saturated rings. The van der Waals surface area contributed by atoms with E-state index in [1.54, 1.807) is 6.07 Å². The molecule has 5 heteroatoms. The molecule has 1 aromatic carbocycles. The molecule has 0 amide bonds. The molecular weight excluding hydrogens is 279 g/mol. The molecule has 0 radical (unpaired) electrons. The van der Waals surface area contributed by atoms with E-state index in [0.717, 1.165) is 43.1 Å². The Hall–Kier alpha value is -1.98. The standard InChI is InChI=1S/C17H21FN4/c18-16-11-14(12-19)4-5-15(16)13-21-7-9-22(10-8-21)17-3-1-2-6-20-17/h1-6,11H,7-10,12-13,19H2. The van der Waals surface area contributed by atoms with Crippen molar-refractivity contribution in [1.29, 1.82) is 0 Å². The zero-order valence-electron chi connectivity index (χ0n) is 12.6. The smallest absolute Gasteiger partial charge is 0.128 e. The first-order chi connectivity index (χ1) is 10.8. The molecule has 0 unspecified atom stereocenters. The van der Waals surface area contributed by atoms with Crippen molar-refractivity contribution in [2.45, 2.75) is 13.1 Å². The number of nitrogens with zero attached hydrogens (tertiary/aromatic N) is 3. The Morgan fingerprint density at radius 2 is 1.91 bits per heavy atom. The third kappa shape index (κ3) is 3.43.